The van der Waals surface area contributed by atoms with Gasteiger partial charge in [0.25, 0.3) is 0 Å². The summed E-state index contributed by atoms with van der Waals surface area (Å²) in [6, 6.07) is 3.89. The van der Waals surface area contributed by atoms with E-state index in [-0.39, 0.29) is 5.41 Å². The van der Waals surface area contributed by atoms with E-state index in [1.807, 2.05) is 26.0 Å². The van der Waals surface area contributed by atoms with Crippen LogP contribution in [0.1, 0.15) is 60.5 Å². The molecule has 1 saturated carbocycles. The van der Waals surface area contributed by atoms with Crippen LogP contribution in [0.4, 0.5) is 0 Å². The Balaban J connectivity index is 2.42. The van der Waals surface area contributed by atoms with Gasteiger partial charge in [0.1, 0.15) is 0 Å². The summed E-state index contributed by atoms with van der Waals surface area (Å²) in [5, 5.41) is 0.751. The van der Waals surface area contributed by atoms with Crippen molar-refractivity contribution in [2.75, 3.05) is 0 Å². The van der Waals surface area contributed by atoms with Crippen LogP contribution in [0.15, 0.2) is 12.1 Å². The number of hydrogen-bond donors (Lipinski definition) is 0. The van der Waals surface area contributed by atoms with E-state index in [1.54, 1.807) is 0 Å². The number of Topliss-reactive ketones (excluding diaryl/α,β-unsaturated/α-hetero) is 1. The number of aryl methyl sites for hydroxylation is 2. The normalized spacial score (nSPS) is 18.0. The van der Waals surface area contributed by atoms with Crippen molar-refractivity contribution in [3.8, 4) is 0 Å². The molecule has 0 aromatic heterocycles. The topological polar surface area (TPSA) is 17.1 Å². The molecule has 2 heteroatoms. The molecule has 1 aliphatic carbocycles. The maximum atomic E-state index is 12.8. The largest absolute Gasteiger partial charge is 0.294 e. The van der Waals surface area contributed by atoms with Crippen molar-refractivity contribution in [1.82, 2.24) is 0 Å². The second-order valence-corrected chi connectivity index (χ2v) is 5.99. The second kappa shape index (κ2) is 5.05. The summed E-state index contributed by atoms with van der Waals surface area (Å²) < 4.78 is 0. The fraction of sp³-hybridized carbons (Fsp3) is 0.562. The summed E-state index contributed by atoms with van der Waals surface area (Å²) in [4.78, 5) is 12.8. The highest BCUT2D eigenvalue weighted by molar-refractivity contribution is 6.31. The maximum Gasteiger partial charge on any atom is 0.169 e. The first-order chi connectivity index (χ1) is 8.50. The van der Waals surface area contributed by atoms with Crippen LogP contribution in [0.5, 0.6) is 0 Å². The van der Waals surface area contributed by atoms with Crippen molar-refractivity contribution >= 4 is 17.4 Å². The lowest BCUT2D eigenvalue weighted by Crippen LogP contribution is -2.28. The molecule has 1 aliphatic rings. The second-order valence-electron chi connectivity index (χ2n) is 5.59. The molecular formula is C16H21ClO. The number of rotatable bonds is 3. The summed E-state index contributed by atoms with van der Waals surface area (Å²) >= 11 is 6.11. The van der Waals surface area contributed by atoms with Crippen LogP contribution in [0.2, 0.25) is 5.02 Å². The molecule has 0 heterocycles. The fourth-order valence-electron chi connectivity index (χ4n) is 3.10. The first-order valence-electron chi connectivity index (χ1n) is 6.82. The Bertz CT molecular complexity index is 470. The Labute approximate surface area is 115 Å². The van der Waals surface area contributed by atoms with E-state index in [1.165, 1.54) is 12.8 Å². The third-order valence-corrected chi connectivity index (χ3v) is 4.88. The minimum absolute atomic E-state index is 0.106. The van der Waals surface area contributed by atoms with Gasteiger partial charge >= 0.3 is 0 Å². The zero-order valence-corrected chi connectivity index (χ0v) is 12.2. The van der Waals surface area contributed by atoms with Crippen LogP contribution in [0.3, 0.4) is 0 Å². The Hall–Kier alpha value is -0.820. The maximum absolute atomic E-state index is 12.8. The van der Waals surface area contributed by atoms with Gasteiger partial charge in [0.2, 0.25) is 0 Å². The van der Waals surface area contributed by atoms with Gasteiger partial charge in [-0.2, -0.15) is 0 Å². The van der Waals surface area contributed by atoms with Gasteiger partial charge in [-0.25, -0.2) is 0 Å². The van der Waals surface area contributed by atoms with Gasteiger partial charge in [-0.05, 0) is 56.4 Å². The third-order valence-electron chi connectivity index (χ3n) is 4.47. The van der Waals surface area contributed by atoms with Gasteiger partial charge < -0.3 is 0 Å². The van der Waals surface area contributed by atoms with Gasteiger partial charge in [-0.3, -0.25) is 4.79 Å². The van der Waals surface area contributed by atoms with Crippen molar-refractivity contribution in [3.05, 3.63) is 33.8 Å². The Kier molecular flexibility index (Phi) is 3.82. The van der Waals surface area contributed by atoms with Gasteiger partial charge in [0, 0.05) is 16.0 Å². The first kappa shape index (κ1) is 13.6. The Morgan fingerprint density at radius 3 is 2.39 bits per heavy atom. The molecule has 1 fully saturated rings. The smallest absolute Gasteiger partial charge is 0.169 e. The summed E-state index contributed by atoms with van der Waals surface area (Å²) in [5.74, 6) is 0.333. The quantitative estimate of drug-likeness (QED) is 0.694. The predicted octanol–water partition coefficient (Wildman–Crippen LogP) is 5.11. The van der Waals surface area contributed by atoms with E-state index in [0.717, 1.165) is 41.0 Å². The summed E-state index contributed by atoms with van der Waals surface area (Å²) in [6.07, 6.45) is 5.41. The van der Waals surface area contributed by atoms with E-state index in [9.17, 15) is 4.79 Å². The Morgan fingerprint density at radius 1 is 1.22 bits per heavy atom. The molecule has 2 rings (SSSR count). The molecule has 0 unspecified atom stereocenters. The highest BCUT2D eigenvalue weighted by Crippen LogP contribution is 2.44. The van der Waals surface area contributed by atoms with Crippen molar-refractivity contribution in [1.29, 1.82) is 0 Å². The molecule has 0 N–H and O–H groups in total. The minimum atomic E-state index is -0.106. The molecule has 0 aliphatic heterocycles. The Morgan fingerprint density at radius 2 is 1.83 bits per heavy atom. The molecule has 1 nitrogen and oxygen atoms in total. The average Bonchev–Trinajstić information content (AvgIpc) is 2.83. The lowest BCUT2D eigenvalue weighted by Gasteiger charge is -2.26. The van der Waals surface area contributed by atoms with E-state index in [4.69, 9.17) is 11.6 Å². The van der Waals surface area contributed by atoms with Crippen molar-refractivity contribution in [2.24, 2.45) is 5.41 Å². The highest BCUT2D eigenvalue weighted by Gasteiger charge is 2.40. The van der Waals surface area contributed by atoms with Gasteiger partial charge in [0.05, 0.1) is 0 Å². The third kappa shape index (κ3) is 2.21. The van der Waals surface area contributed by atoms with E-state index in [2.05, 4.69) is 6.92 Å². The van der Waals surface area contributed by atoms with Crippen LogP contribution in [0, 0.1) is 19.3 Å². The van der Waals surface area contributed by atoms with Crippen LogP contribution in [-0.2, 0) is 0 Å². The molecule has 98 valence electrons. The molecule has 1 aromatic rings. The number of hydrogen-bond acceptors (Lipinski definition) is 1. The number of ketones is 1. The zero-order chi connectivity index (χ0) is 13.3. The molecule has 0 spiro atoms. The van der Waals surface area contributed by atoms with Crippen molar-refractivity contribution in [2.45, 2.75) is 52.9 Å². The molecular weight excluding hydrogens is 244 g/mol. The molecule has 0 atom stereocenters. The lowest BCUT2D eigenvalue weighted by molar-refractivity contribution is 0.0790. The first-order valence-corrected chi connectivity index (χ1v) is 7.19. The number of carbonyl (C=O) groups is 1. The predicted molar refractivity (Wildman–Crippen MR) is 76.4 cm³/mol. The number of carbonyl (C=O) groups excluding carboxylic acids is 1. The van der Waals surface area contributed by atoms with E-state index < -0.39 is 0 Å². The standard InChI is InChI=1S/C16H21ClO/c1-4-16(7-5-6-8-16)15(18)13-9-12(3)14(17)10-11(13)2/h9-10H,4-8H2,1-3H3. The summed E-state index contributed by atoms with van der Waals surface area (Å²) in [7, 11) is 0. The van der Waals surface area contributed by atoms with E-state index >= 15 is 0 Å². The average molecular weight is 265 g/mol. The molecule has 0 bridgehead atoms. The SMILES string of the molecule is CCC1(C(=O)c2cc(C)c(Cl)cc2C)CCCC1. The fourth-order valence-corrected chi connectivity index (χ4v) is 3.32. The van der Waals surface area contributed by atoms with E-state index in [0.29, 0.717) is 5.78 Å². The van der Waals surface area contributed by atoms with Crippen molar-refractivity contribution < 1.29 is 4.79 Å². The van der Waals surface area contributed by atoms with Gasteiger partial charge in [-0.1, -0.05) is 31.4 Å². The lowest BCUT2D eigenvalue weighted by atomic mass is 9.75. The van der Waals surface area contributed by atoms with Crippen LogP contribution >= 0.6 is 11.6 Å². The summed E-state index contributed by atoms with van der Waals surface area (Å²) in [5.41, 5.74) is 2.77. The van der Waals surface area contributed by atoms with Gasteiger partial charge in [0.15, 0.2) is 5.78 Å². The molecule has 1 aromatic carbocycles. The van der Waals surface area contributed by atoms with Crippen LogP contribution in [0.25, 0.3) is 0 Å². The van der Waals surface area contributed by atoms with Gasteiger partial charge in [-0.15, -0.1) is 0 Å². The molecule has 0 radical (unpaired) electrons. The molecule has 0 saturated heterocycles. The molecule has 18 heavy (non-hydrogen) atoms. The monoisotopic (exact) mass is 264 g/mol. The van der Waals surface area contributed by atoms with Crippen LogP contribution < -0.4 is 0 Å². The number of halogens is 1. The van der Waals surface area contributed by atoms with Crippen LogP contribution in [-0.4, -0.2) is 5.78 Å². The molecule has 0 amide bonds. The summed E-state index contributed by atoms with van der Waals surface area (Å²) in [6.45, 7) is 6.09. The number of benzene rings is 1. The van der Waals surface area contributed by atoms with Crippen molar-refractivity contribution in [3.63, 3.8) is 0 Å². The minimum Gasteiger partial charge on any atom is -0.294 e. The highest BCUT2D eigenvalue weighted by atomic mass is 35.5. The zero-order valence-electron chi connectivity index (χ0n) is 11.5.